The number of hydrogen-bond acceptors (Lipinski definition) is 3. The van der Waals surface area contributed by atoms with Crippen molar-refractivity contribution in [2.75, 3.05) is 37.9 Å². The van der Waals surface area contributed by atoms with Gasteiger partial charge in [0.25, 0.3) is 11.8 Å². The quantitative estimate of drug-likeness (QED) is 0.639. The van der Waals surface area contributed by atoms with Crippen LogP contribution in [-0.2, 0) is 9.59 Å². The Morgan fingerprint density at radius 2 is 1.65 bits per heavy atom. The molecule has 0 saturated carbocycles. The molecule has 2 rings (SSSR count). The third-order valence-electron chi connectivity index (χ3n) is 3.77. The minimum Gasteiger partial charge on any atom is -0.495 e. The number of methoxy groups -OCH3 is 1. The van der Waals surface area contributed by atoms with E-state index in [4.69, 9.17) is 4.74 Å². The summed E-state index contributed by atoms with van der Waals surface area (Å²) in [5, 5.41) is 5.69. The predicted molar refractivity (Wildman–Crippen MR) is 106 cm³/mol. The van der Waals surface area contributed by atoms with Crippen LogP contribution in [0.3, 0.4) is 0 Å². The number of rotatable bonds is 7. The lowest BCUT2D eigenvalue weighted by atomic mass is 10.2. The van der Waals surface area contributed by atoms with E-state index in [0.717, 1.165) is 20.6 Å². The van der Waals surface area contributed by atoms with E-state index in [0.29, 0.717) is 11.4 Å². The zero-order valence-electron chi connectivity index (χ0n) is 15.1. The van der Waals surface area contributed by atoms with Crippen molar-refractivity contribution in [2.45, 2.75) is 6.92 Å². The Morgan fingerprint density at radius 1 is 1.04 bits per heavy atom. The average Bonchev–Trinajstić information content (AvgIpc) is 2.57. The number of amides is 2. The second kappa shape index (κ2) is 9.35. The number of carbonyl (C=O) groups is 2. The SMILES string of the molecule is COc1ccccc1NC(=O)C[NH+](C)CC(=O)Nc1ccc(Br)cc1C. The van der Waals surface area contributed by atoms with Crippen LogP contribution in [0.1, 0.15) is 5.56 Å². The summed E-state index contributed by atoms with van der Waals surface area (Å²) in [6.07, 6.45) is 0. The van der Waals surface area contributed by atoms with Gasteiger partial charge in [-0.25, -0.2) is 0 Å². The molecule has 0 bridgehead atoms. The Balaban J connectivity index is 1.86. The van der Waals surface area contributed by atoms with Gasteiger partial charge in [0.1, 0.15) is 5.75 Å². The lowest BCUT2D eigenvalue weighted by Gasteiger charge is -2.15. The van der Waals surface area contributed by atoms with Crippen molar-refractivity contribution in [3.05, 3.63) is 52.5 Å². The van der Waals surface area contributed by atoms with Crippen molar-refractivity contribution < 1.29 is 19.2 Å². The number of aryl methyl sites for hydroxylation is 1. The second-order valence-electron chi connectivity index (χ2n) is 6.07. The molecule has 0 aliphatic heterocycles. The first-order valence-corrected chi connectivity index (χ1v) is 8.98. The molecule has 7 heteroatoms. The highest BCUT2D eigenvalue weighted by atomic mass is 79.9. The largest absolute Gasteiger partial charge is 0.495 e. The molecular formula is C19H23BrN3O3+. The predicted octanol–water partition coefficient (Wildman–Crippen LogP) is 1.86. The van der Waals surface area contributed by atoms with Crippen molar-refractivity contribution in [1.29, 1.82) is 0 Å². The molecule has 6 nitrogen and oxygen atoms in total. The molecule has 1 unspecified atom stereocenters. The van der Waals surface area contributed by atoms with Crippen LogP contribution in [0.15, 0.2) is 46.9 Å². The third-order valence-corrected chi connectivity index (χ3v) is 4.26. The fourth-order valence-electron chi connectivity index (χ4n) is 2.51. The first kappa shape index (κ1) is 19.9. The summed E-state index contributed by atoms with van der Waals surface area (Å²) in [5.74, 6) is 0.277. The molecule has 0 heterocycles. The summed E-state index contributed by atoms with van der Waals surface area (Å²) in [7, 11) is 3.35. The molecule has 138 valence electrons. The molecule has 2 aromatic rings. The molecule has 3 N–H and O–H groups in total. The van der Waals surface area contributed by atoms with Gasteiger partial charge in [0.2, 0.25) is 0 Å². The number of halogens is 1. The number of para-hydroxylation sites is 2. The summed E-state index contributed by atoms with van der Waals surface area (Å²) < 4.78 is 6.17. The zero-order valence-corrected chi connectivity index (χ0v) is 16.6. The van der Waals surface area contributed by atoms with Crippen LogP contribution in [0.5, 0.6) is 5.75 Å². The first-order chi connectivity index (χ1) is 12.4. The van der Waals surface area contributed by atoms with Crippen LogP contribution in [0.2, 0.25) is 0 Å². The van der Waals surface area contributed by atoms with E-state index in [2.05, 4.69) is 26.6 Å². The summed E-state index contributed by atoms with van der Waals surface area (Å²) in [4.78, 5) is 25.2. The molecule has 1 atom stereocenters. The lowest BCUT2D eigenvalue weighted by Crippen LogP contribution is -3.11. The maximum atomic E-state index is 12.2. The van der Waals surface area contributed by atoms with Gasteiger partial charge in [-0.2, -0.15) is 0 Å². The fraction of sp³-hybridized carbons (Fsp3) is 0.263. The average molecular weight is 421 g/mol. The highest BCUT2D eigenvalue weighted by Gasteiger charge is 2.16. The maximum Gasteiger partial charge on any atom is 0.279 e. The molecule has 0 saturated heterocycles. The normalized spacial score (nSPS) is 11.5. The number of likely N-dealkylation sites (N-methyl/N-ethyl adjacent to an activating group) is 1. The van der Waals surface area contributed by atoms with Gasteiger partial charge in [-0.05, 0) is 42.8 Å². The van der Waals surface area contributed by atoms with Crippen molar-refractivity contribution in [3.63, 3.8) is 0 Å². The molecule has 2 aromatic carbocycles. The molecule has 0 aliphatic carbocycles. The molecule has 0 aromatic heterocycles. The van der Waals surface area contributed by atoms with E-state index < -0.39 is 0 Å². The van der Waals surface area contributed by atoms with Gasteiger partial charge in [-0.15, -0.1) is 0 Å². The number of quaternary nitrogens is 1. The minimum absolute atomic E-state index is 0.141. The molecule has 0 aliphatic rings. The maximum absolute atomic E-state index is 12.2. The topological polar surface area (TPSA) is 71.9 Å². The number of nitrogens with one attached hydrogen (secondary N) is 3. The van der Waals surface area contributed by atoms with Gasteiger partial charge in [0, 0.05) is 10.2 Å². The van der Waals surface area contributed by atoms with Crippen molar-refractivity contribution >= 4 is 39.1 Å². The summed E-state index contributed by atoms with van der Waals surface area (Å²) in [6, 6.07) is 12.9. The zero-order chi connectivity index (χ0) is 19.1. The van der Waals surface area contributed by atoms with Gasteiger partial charge in [-0.1, -0.05) is 28.1 Å². The Bertz CT molecular complexity index is 795. The van der Waals surface area contributed by atoms with Crippen LogP contribution in [0.25, 0.3) is 0 Å². The monoisotopic (exact) mass is 420 g/mol. The number of hydrogen-bond donors (Lipinski definition) is 3. The van der Waals surface area contributed by atoms with Gasteiger partial charge in [-0.3, -0.25) is 9.59 Å². The minimum atomic E-state index is -0.181. The smallest absolute Gasteiger partial charge is 0.279 e. The van der Waals surface area contributed by atoms with Crippen LogP contribution in [-0.4, -0.2) is 39.1 Å². The number of ether oxygens (including phenoxy) is 1. The number of anilines is 2. The van der Waals surface area contributed by atoms with Crippen molar-refractivity contribution in [1.82, 2.24) is 0 Å². The third kappa shape index (κ3) is 5.86. The molecule has 0 fully saturated rings. The van der Waals surface area contributed by atoms with Crippen LogP contribution in [0, 0.1) is 6.92 Å². The van der Waals surface area contributed by atoms with Crippen LogP contribution >= 0.6 is 15.9 Å². The van der Waals surface area contributed by atoms with Crippen molar-refractivity contribution in [3.8, 4) is 5.75 Å². The second-order valence-corrected chi connectivity index (χ2v) is 6.98. The standard InChI is InChI=1S/C19H22BrN3O3/c1-13-10-14(20)8-9-15(13)21-18(24)11-23(2)12-19(25)22-16-6-4-5-7-17(16)26-3/h4-10H,11-12H2,1-3H3,(H,21,24)(H,22,25)/p+1. The molecular weight excluding hydrogens is 398 g/mol. The molecule has 26 heavy (non-hydrogen) atoms. The van der Waals surface area contributed by atoms with Crippen molar-refractivity contribution in [2.24, 2.45) is 0 Å². The first-order valence-electron chi connectivity index (χ1n) is 8.19. The van der Waals surface area contributed by atoms with E-state index in [1.807, 2.05) is 37.3 Å². The lowest BCUT2D eigenvalue weighted by molar-refractivity contribution is -0.862. The van der Waals surface area contributed by atoms with E-state index in [1.54, 1.807) is 26.3 Å². The van der Waals surface area contributed by atoms with Gasteiger partial charge < -0.3 is 20.3 Å². The number of carbonyl (C=O) groups excluding carboxylic acids is 2. The highest BCUT2D eigenvalue weighted by Crippen LogP contribution is 2.22. The molecule has 0 radical (unpaired) electrons. The van der Waals surface area contributed by atoms with E-state index in [-0.39, 0.29) is 24.9 Å². The number of benzene rings is 2. The Morgan fingerprint density at radius 3 is 2.27 bits per heavy atom. The van der Waals surface area contributed by atoms with E-state index >= 15 is 0 Å². The Labute approximate surface area is 161 Å². The summed E-state index contributed by atoms with van der Waals surface area (Å²) >= 11 is 3.40. The Hall–Kier alpha value is -2.38. The van der Waals surface area contributed by atoms with Gasteiger partial charge in [0.15, 0.2) is 13.1 Å². The summed E-state index contributed by atoms with van der Waals surface area (Å²) in [6.45, 7) is 2.29. The van der Waals surface area contributed by atoms with E-state index in [1.165, 1.54) is 0 Å². The fourth-order valence-corrected chi connectivity index (χ4v) is 2.99. The Kier molecular flexibility index (Phi) is 7.17. The van der Waals surface area contributed by atoms with E-state index in [9.17, 15) is 9.59 Å². The summed E-state index contributed by atoms with van der Waals surface area (Å²) in [5.41, 5.74) is 2.35. The van der Waals surface area contributed by atoms with Crippen LogP contribution in [0.4, 0.5) is 11.4 Å². The van der Waals surface area contributed by atoms with Gasteiger partial charge in [0.05, 0.1) is 19.8 Å². The molecule has 2 amide bonds. The van der Waals surface area contributed by atoms with Gasteiger partial charge >= 0.3 is 0 Å². The highest BCUT2D eigenvalue weighted by molar-refractivity contribution is 9.10. The van der Waals surface area contributed by atoms with Crippen LogP contribution < -0.4 is 20.3 Å². The molecule has 0 spiro atoms.